The number of nitrogens with one attached hydrogen (secondary N) is 1. The molecule has 1 rings (SSSR count). The molecule has 0 aliphatic carbocycles. The Kier molecular flexibility index (Phi) is 5.07. The Morgan fingerprint density at radius 1 is 1.57 bits per heavy atom. The van der Waals surface area contributed by atoms with E-state index >= 15 is 0 Å². The van der Waals surface area contributed by atoms with Crippen molar-refractivity contribution in [2.75, 3.05) is 6.61 Å². The van der Waals surface area contributed by atoms with Crippen LogP contribution in [0.1, 0.15) is 37.7 Å². The van der Waals surface area contributed by atoms with Crippen LogP contribution >= 0.6 is 11.3 Å². The number of aliphatic hydroxyl groups is 1. The van der Waals surface area contributed by atoms with Crippen LogP contribution in [0.25, 0.3) is 0 Å². The smallest absolute Gasteiger partial charge is 0.109 e. The molecule has 14 heavy (non-hydrogen) atoms. The maximum atomic E-state index is 8.70. The van der Waals surface area contributed by atoms with Crippen molar-refractivity contribution in [1.29, 1.82) is 0 Å². The van der Waals surface area contributed by atoms with Gasteiger partial charge in [-0.2, -0.15) is 0 Å². The topological polar surface area (TPSA) is 45.1 Å². The molecule has 0 aliphatic heterocycles. The van der Waals surface area contributed by atoms with Crippen molar-refractivity contribution in [3.8, 4) is 0 Å². The molecule has 1 aromatic heterocycles. The second-order valence-corrected chi connectivity index (χ2v) is 4.45. The summed E-state index contributed by atoms with van der Waals surface area (Å²) in [7, 11) is 0. The highest BCUT2D eigenvalue weighted by Gasteiger charge is 2.10. The molecule has 0 spiro atoms. The zero-order valence-electron chi connectivity index (χ0n) is 8.73. The normalized spacial score (nSPS) is 15.4. The minimum atomic E-state index is 0.275. The standard InChI is InChI=1S/C10H18N2OS/c1-8(4-3-6-13)12-9(2)10-11-5-7-14-10/h5,7-9,12-13H,3-4,6H2,1-2H3/t8-,9-/m1/s1. The van der Waals surface area contributed by atoms with Gasteiger partial charge in [0.15, 0.2) is 0 Å². The Morgan fingerprint density at radius 2 is 2.36 bits per heavy atom. The third kappa shape index (κ3) is 3.74. The van der Waals surface area contributed by atoms with Crippen LogP contribution in [0.5, 0.6) is 0 Å². The van der Waals surface area contributed by atoms with Gasteiger partial charge in [0.2, 0.25) is 0 Å². The third-order valence-corrected chi connectivity index (χ3v) is 3.11. The van der Waals surface area contributed by atoms with Crippen molar-refractivity contribution in [3.63, 3.8) is 0 Å². The van der Waals surface area contributed by atoms with E-state index in [0.717, 1.165) is 17.8 Å². The van der Waals surface area contributed by atoms with Gasteiger partial charge in [0, 0.05) is 24.2 Å². The largest absolute Gasteiger partial charge is 0.396 e. The van der Waals surface area contributed by atoms with Crippen LogP contribution in [0.2, 0.25) is 0 Å². The van der Waals surface area contributed by atoms with E-state index in [1.165, 1.54) is 0 Å². The number of rotatable bonds is 6. The molecule has 0 unspecified atom stereocenters. The van der Waals surface area contributed by atoms with Crippen LogP contribution in [0.15, 0.2) is 11.6 Å². The highest BCUT2D eigenvalue weighted by Crippen LogP contribution is 2.15. The molecule has 0 saturated heterocycles. The maximum Gasteiger partial charge on any atom is 0.109 e. The van der Waals surface area contributed by atoms with Crippen molar-refractivity contribution >= 4 is 11.3 Å². The van der Waals surface area contributed by atoms with Gasteiger partial charge in [-0.1, -0.05) is 0 Å². The number of thiazole rings is 1. The number of hydrogen-bond acceptors (Lipinski definition) is 4. The molecule has 0 fully saturated rings. The molecular weight excluding hydrogens is 196 g/mol. The first-order valence-corrected chi connectivity index (χ1v) is 5.88. The second kappa shape index (κ2) is 6.11. The van der Waals surface area contributed by atoms with Crippen LogP contribution in [0.3, 0.4) is 0 Å². The van der Waals surface area contributed by atoms with E-state index in [0.29, 0.717) is 12.1 Å². The lowest BCUT2D eigenvalue weighted by molar-refractivity contribution is 0.274. The fourth-order valence-corrected chi connectivity index (χ4v) is 2.08. The number of aromatic nitrogens is 1. The molecule has 2 N–H and O–H groups in total. The summed E-state index contributed by atoms with van der Waals surface area (Å²) in [5.74, 6) is 0. The van der Waals surface area contributed by atoms with E-state index in [4.69, 9.17) is 5.11 Å². The van der Waals surface area contributed by atoms with Gasteiger partial charge in [-0.3, -0.25) is 0 Å². The van der Waals surface area contributed by atoms with E-state index in [2.05, 4.69) is 24.1 Å². The Hall–Kier alpha value is -0.450. The molecule has 0 amide bonds. The zero-order valence-corrected chi connectivity index (χ0v) is 9.55. The summed E-state index contributed by atoms with van der Waals surface area (Å²) in [6.45, 7) is 4.53. The van der Waals surface area contributed by atoms with Gasteiger partial charge in [-0.15, -0.1) is 11.3 Å². The monoisotopic (exact) mass is 214 g/mol. The zero-order chi connectivity index (χ0) is 10.4. The summed E-state index contributed by atoms with van der Waals surface area (Å²) in [6, 6.07) is 0.741. The predicted octanol–water partition coefficient (Wildman–Crippen LogP) is 1.95. The molecule has 1 aromatic rings. The van der Waals surface area contributed by atoms with E-state index in [-0.39, 0.29) is 6.61 Å². The minimum absolute atomic E-state index is 0.275. The lowest BCUT2D eigenvalue weighted by atomic mass is 10.1. The van der Waals surface area contributed by atoms with E-state index < -0.39 is 0 Å². The summed E-state index contributed by atoms with van der Waals surface area (Å²) >= 11 is 1.67. The molecule has 3 nitrogen and oxygen atoms in total. The highest BCUT2D eigenvalue weighted by atomic mass is 32.1. The average Bonchev–Trinajstić information content (AvgIpc) is 2.67. The van der Waals surface area contributed by atoms with Gasteiger partial charge in [-0.25, -0.2) is 4.98 Å². The first kappa shape index (κ1) is 11.6. The van der Waals surface area contributed by atoms with Crippen molar-refractivity contribution in [1.82, 2.24) is 10.3 Å². The molecule has 0 aromatic carbocycles. The number of nitrogens with zero attached hydrogens (tertiary/aromatic N) is 1. The Labute approximate surface area is 89.2 Å². The lowest BCUT2D eigenvalue weighted by Crippen LogP contribution is -2.28. The summed E-state index contributed by atoms with van der Waals surface area (Å²) in [4.78, 5) is 4.26. The van der Waals surface area contributed by atoms with Crippen molar-refractivity contribution in [2.24, 2.45) is 0 Å². The summed E-state index contributed by atoms with van der Waals surface area (Å²) in [6.07, 6.45) is 3.70. The summed E-state index contributed by atoms with van der Waals surface area (Å²) in [5.41, 5.74) is 0. The molecular formula is C10H18N2OS. The molecule has 4 heteroatoms. The van der Waals surface area contributed by atoms with Gasteiger partial charge in [0.25, 0.3) is 0 Å². The fourth-order valence-electron chi connectivity index (χ4n) is 1.43. The first-order chi connectivity index (χ1) is 6.74. The van der Waals surface area contributed by atoms with Crippen molar-refractivity contribution < 1.29 is 5.11 Å². The Balaban J connectivity index is 2.29. The first-order valence-electron chi connectivity index (χ1n) is 5.00. The van der Waals surface area contributed by atoms with Gasteiger partial charge in [0.05, 0.1) is 6.04 Å². The van der Waals surface area contributed by atoms with Crippen LogP contribution in [0, 0.1) is 0 Å². The van der Waals surface area contributed by atoms with Crippen molar-refractivity contribution in [2.45, 2.75) is 38.8 Å². The summed E-state index contributed by atoms with van der Waals surface area (Å²) in [5, 5.41) is 15.3. The van der Waals surface area contributed by atoms with Gasteiger partial charge in [0.1, 0.15) is 5.01 Å². The number of aliphatic hydroxyl groups excluding tert-OH is 1. The van der Waals surface area contributed by atoms with Crippen LogP contribution in [-0.2, 0) is 0 Å². The lowest BCUT2D eigenvalue weighted by Gasteiger charge is -2.17. The molecule has 0 saturated carbocycles. The quantitative estimate of drug-likeness (QED) is 0.761. The molecule has 0 aliphatic rings. The molecule has 80 valence electrons. The second-order valence-electron chi connectivity index (χ2n) is 3.53. The Morgan fingerprint density at radius 3 is 2.93 bits per heavy atom. The molecule has 2 atom stereocenters. The number of hydrogen-bond donors (Lipinski definition) is 2. The van der Waals surface area contributed by atoms with Gasteiger partial charge < -0.3 is 10.4 Å². The Bertz CT molecular complexity index is 238. The maximum absolute atomic E-state index is 8.70. The fraction of sp³-hybridized carbons (Fsp3) is 0.700. The van der Waals surface area contributed by atoms with Gasteiger partial charge in [-0.05, 0) is 26.7 Å². The SMILES string of the molecule is C[C@H](CCCO)N[C@H](C)c1nccs1. The van der Waals surface area contributed by atoms with E-state index in [1.54, 1.807) is 11.3 Å². The predicted molar refractivity (Wildman–Crippen MR) is 59.4 cm³/mol. The minimum Gasteiger partial charge on any atom is -0.396 e. The summed E-state index contributed by atoms with van der Waals surface area (Å²) < 4.78 is 0. The average molecular weight is 214 g/mol. The third-order valence-electron chi connectivity index (χ3n) is 2.15. The van der Waals surface area contributed by atoms with Crippen LogP contribution < -0.4 is 5.32 Å². The van der Waals surface area contributed by atoms with E-state index in [1.807, 2.05) is 11.6 Å². The molecule has 0 radical (unpaired) electrons. The van der Waals surface area contributed by atoms with Crippen molar-refractivity contribution in [3.05, 3.63) is 16.6 Å². The highest BCUT2D eigenvalue weighted by molar-refractivity contribution is 7.09. The molecule has 0 bridgehead atoms. The van der Waals surface area contributed by atoms with E-state index in [9.17, 15) is 0 Å². The van der Waals surface area contributed by atoms with Crippen LogP contribution in [-0.4, -0.2) is 22.7 Å². The van der Waals surface area contributed by atoms with Crippen LogP contribution in [0.4, 0.5) is 0 Å². The van der Waals surface area contributed by atoms with Gasteiger partial charge >= 0.3 is 0 Å². The molecule has 1 heterocycles.